The molecule has 2 aliphatic rings. The van der Waals surface area contributed by atoms with Crippen LogP contribution in [-0.4, -0.2) is 50.9 Å². The summed E-state index contributed by atoms with van der Waals surface area (Å²) >= 11 is 1.68. The summed E-state index contributed by atoms with van der Waals surface area (Å²) in [6.07, 6.45) is 2.47. The van der Waals surface area contributed by atoms with E-state index in [9.17, 15) is 0 Å². The summed E-state index contributed by atoms with van der Waals surface area (Å²) in [6, 6.07) is 0.376. The lowest BCUT2D eigenvalue weighted by atomic mass is 10.2. The summed E-state index contributed by atoms with van der Waals surface area (Å²) in [5.41, 5.74) is 0. The third-order valence-electron chi connectivity index (χ3n) is 4.03. The molecule has 2 fully saturated rings. The molecule has 0 aromatic carbocycles. The average Bonchev–Trinajstić information content (AvgIpc) is 3.08. The Balaban J connectivity index is 1.63. The van der Waals surface area contributed by atoms with E-state index >= 15 is 0 Å². The van der Waals surface area contributed by atoms with Crippen molar-refractivity contribution in [2.24, 2.45) is 0 Å². The highest BCUT2D eigenvalue weighted by Gasteiger charge is 2.31. The van der Waals surface area contributed by atoms with Crippen molar-refractivity contribution < 1.29 is 0 Å². The molecule has 2 aromatic heterocycles. The Morgan fingerprint density at radius 2 is 2.05 bits per heavy atom. The van der Waals surface area contributed by atoms with Gasteiger partial charge in [0.05, 0.1) is 6.04 Å². The Morgan fingerprint density at radius 1 is 1.26 bits per heavy atom. The zero-order chi connectivity index (χ0) is 12.8. The number of nitrogens with one attached hydrogen (secondary N) is 1. The summed E-state index contributed by atoms with van der Waals surface area (Å²) in [5.74, 6) is 1.66. The van der Waals surface area contributed by atoms with Crippen LogP contribution in [0.3, 0.4) is 0 Å². The standard InChI is InChI=1S/C12H18N6S/c1-8(17-6-4-13-5-7-17)11-16-18-10(9-2-3-9)14-15-12(18)19-11/h8-9,13H,2-7H2,1H3. The highest BCUT2D eigenvalue weighted by Crippen LogP contribution is 2.39. The van der Waals surface area contributed by atoms with Crippen molar-refractivity contribution >= 4 is 16.3 Å². The molecule has 1 saturated heterocycles. The van der Waals surface area contributed by atoms with E-state index in [-0.39, 0.29) is 0 Å². The van der Waals surface area contributed by atoms with Crippen LogP contribution in [0, 0.1) is 0 Å². The second kappa shape index (κ2) is 4.50. The molecule has 1 saturated carbocycles. The van der Waals surface area contributed by atoms with Gasteiger partial charge in [-0.15, -0.1) is 10.2 Å². The molecule has 0 radical (unpaired) electrons. The molecule has 2 aromatic rings. The normalized spacial score (nSPS) is 23.0. The maximum absolute atomic E-state index is 4.76. The van der Waals surface area contributed by atoms with E-state index in [2.05, 4.69) is 27.3 Å². The molecule has 7 heteroatoms. The second-order valence-corrected chi connectivity index (χ2v) is 6.42. The summed E-state index contributed by atoms with van der Waals surface area (Å²) in [4.78, 5) is 3.43. The van der Waals surface area contributed by atoms with Gasteiger partial charge in [-0.25, -0.2) is 0 Å². The van der Waals surface area contributed by atoms with E-state index < -0.39 is 0 Å². The van der Waals surface area contributed by atoms with Crippen LogP contribution in [0.15, 0.2) is 0 Å². The third kappa shape index (κ3) is 2.05. The number of nitrogens with zero attached hydrogens (tertiary/aromatic N) is 5. The topological polar surface area (TPSA) is 58.4 Å². The molecule has 3 heterocycles. The highest BCUT2D eigenvalue weighted by atomic mass is 32.1. The fraction of sp³-hybridized carbons (Fsp3) is 0.750. The SMILES string of the molecule is CC(c1nn2c(C3CC3)nnc2s1)N1CCNCC1. The molecule has 0 spiro atoms. The van der Waals surface area contributed by atoms with Crippen molar-refractivity contribution in [2.75, 3.05) is 26.2 Å². The van der Waals surface area contributed by atoms with Crippen molar-refractivity contribution in [3.05, 3.63) is 10.8 Å². The molecule has 0 bridgehead atoms. The summed E-state index contributed by atoms with van der Waals surface area (Å²) < 4.78 is 1.97. The van der Waals surface area contributed by atoms with Gasteiger partial charge in [-0.3, -0.25) is 4.90 Å². The zero-order valence-electron chi connectivity index (χ0n) is 11.0. The maximum atomic E-state index is 4.76. The number of hydrogen-bond acceptors (Lipinski definition) is 6. The Bertz CT molecular complexity index is 580. The molecule has 19 heavy (non-hydrogen) atoms. The van der Waals surface area contributed by atoms with Crippen molar-refractivity contribution in [1.29, 1.82) is 0 Å². The van der Waals surface area contributed by atoms with Crippen molar-refractivity contribution in [2.45, 2.75) is 31.7 Å². The fourth-order valence-corrected chi connectivity index (χ4v) is 3.57. The summed E-state index contributed by atoms with van der Waals surface area (Å²) in [5, 5.41) is 17.8. The number of hydrogen-bond donors (Lipinski definition) is 1. The van der Waals surface area contributed by atoms with Gasteiger partial charge in [0.25, 0.3) is 0 Å². The predicted molar refractivity (Wildman–Crippen MR) is 73.5 cm³/mol. The first kappa shape index (κ1) is 11.7. The number of aromatic nitrogens is 4. The van der Waals surface area contributed by atoms with Gasteiger partial charge >= 0.3 is 0 Å². The first-order chi connectivity index (χ1) is 9.33. The lowest BCUT2D eigenvalue weighted by molar-refractivity contribution is 0.184. The molecule has 1 aliphatic carbocycles. The van der Waals surface area contributed by atoms with E-state index in [0.717, 1.165) is 42.0 Å². The van der Waals surface area contributed by atoms with Gasteiger partial charge in [0.15, 0.2) is 5.82 Å². The van der Waals surface area contributed by atoms with Gasteiger partial charge < -0.3 is 5.32 Å². The Kier molecular flexibility index (Phi) is 2.78. The van der Waals surface area contributed by atoms with Crippen molar-refractivity contribution in [3.63, 3.8) is 0 Å². The molecule has 1 atom stereocenters. The monoisotopic (exact) mass is 278 g/mol. The van der Waals surface area contributed by atoms with Crippen LogP contribution in [-0.2, 0) is 0 Å². The average molecular weight is 278 g/mol. The van der Waals surface area contributed by atoms with Crippen LogP contribution >= 0.6 is 11.3 Å². The first-order valence-electron chi connectivity index (χ1n) is 7.00. The lowest BCUT2D eigenvalue weighted by Gasteiger charge is -2.31. The highest BCUT2D eigenvalue weighted by molar-refractivity contribution is 7.16. The van der Waals surface area contributed by atoms with Gasteiger partial charge in [0.1, 0.15) is 5.01 Å². The molecule has 102 valence electrons. The Hall–Kier alpha value is -1.05. The minimum Gasteiger partial charge on any atom is -0.314 e. The van der Waals surface area contributed by atoms with Crippen LogP contribution < -0.4 is 5.32 Å². The Morgan fingerprint density at radius 3 is 2.79 bits per heavy atom. The van der Waals surface area contributed by atoms with E-state index in [4.69, 9.17) is 5.10 Å². The molecular formula is C12H18N6S. The van der Waals surface area contributed by atoms with Crippen molar-refractivity contribution in [3.8, 4) is 0 Å². The number of piperazine rings is 1. The predicted octanol–water partition coefficient (Wildman–Crippen LogP) is 1.03. The fourth-order valence-electron chi connectivity index (χ4n) is 2.64. The molecular weight excluding hydrogens is 260 g/mol. The lowest BCUT2D eigenvalue weighted by Crippen LogP contribution is -2.44. The third-order valence-corrected chi connectivity index (χ3v) is 5.10. The van der Waals surface area contributed by atoms with Crippen LogP contribution in [0.2, 0.25) is 0 Å². The molecule has 1 N–H and O–H groups in total. The van der Waals surface area contributed by atoms with Crippen LogP contribution in [0.25, 0.3) is 4.96 Å². The van der Waals surface area contributed by atoms with Crippen molar-refractivity contribution in [1.82, 2.24) is 30.0 Å². The van der Waals surface area contributed by atoms with Crippen LogP contribution in [0.4, 0.5) is 0 Å². The van der Waals surface area contributed by atoms with Gasteiger partial charge in [-0.1, -0.05) is 11.3 Å². The molecule has 0 amide bonds. The van der Waals surface area contributed by atoms with Gasteiger partial charge in [0, 0.05) is 32.1 Å². The number of rotatable bonds is 3. The van der Waals surface area contributed by atoms with E-state index in [0.29, 0.717) is 12.0 Å². The van der Waals surface area contributed by atoms with E-state index in [1.165, 1.54) is 12.8 Å². The largest absolute Gasteiger partial charge is 0.314 e. The minimum absolute atomic E-state index is 0.376. The first-order valence-corrected chi connectivity index (χ1v) is 7.81. The quantitative estimate of drug-likeness (QED) is 0.909. The molecule has 4 rings (SSSR count). The van der Waals surface area contributed by atoms with Crippen LogP contribution in [0.1, 0.15) is 42.6 Å². The number of fused-ring (bicyclic) bond motifs is 1. The van der Waals surface area contributed by atoms with Gasteiger partial charge in [-0.2, -0.15) is 9.61 Å². The van der Waals surface area contributed by atoms with Crippen LogP contribution in [0.5, 0.6) is 0 Å². The summed E-state index contributed by atoms with van der Waals surface area (Å²) in [6.45, 7) is 6.57. The van der Waals surface area contributed by atoms with E-state index in [1.807, 2.05) is 4.52 Å². The second-order valence-electron chi connectivity index (χ2n) is 5.43. The van der Waals surface area contributed by atoms with E-state index in [1.54, 1.807) is 11.3 Å². The smallest absolute Gasteiger partial charge is 0.234 e. The Labute approximate surface area is 115 Å². The maximum Gasteiger partial charge on any atom is 0.234 e. The molecule has 6 nitrogen and oxygen atoms in total. The molecule has 1 unspecified atom stereocenters. The summed E-state index contributed by atoms with van der Waals surface area (Å²) in [7, 11) is 0. The van der Waals surface area contributed by atoms with Gasteiger partial charge in [0.2, 0.25) is 4.96 Å². The molecule has 1 aliphatic heterocycles. The van der Waals surface area contributed by atoms with Gasteiger partial charge in [-0.05, 0) is 19.8 Å². The zero-order valence-corrected chi connectivity index (χ0v) is 11.9. The minimum atomic E-state index is 0.376.